The van der Waals surface area contributed by atoms with E-state index in [1.165, 1.54) is 5.56 Å². The molecule has 0 spiro atoms. The van der Waals surface area contributed by atoms with Crippen molar-refractivity contribution in [1.29, 1.82) is 0 Å². The van der Waals surface area contributed by atoms with E-state index in [2.05, 4.69) is 38.3 Å². The van der Waals surface area contributed by atoms with Crippen LogP contribution in [0, 0.1) is 5.92 Å². The molecular weight excluding hydrogens is 356 g/mol. The predicted molar refractivity (Wildman–Crippen MR) is 92.2 cm³/mol. The Morgan fingerprint density at radius 3 is 2.43 bits per heavy atom. The summed E-state index contributed by atoms with van der Waals surface area (Å²) in [6.07, 6.45) is 5.13. The summed E-state index contributed by atoms with van der Waals surface area (Å²) in [7, 11) is 0. The van der Waals surface area contributed by atoms with E-state index in [4.69, 9.17) is 4.74 Å². The topological polar surface area (TPSA) is 41.6 Å². The zero-order valence-corrected chi connectivity index (χ0v) is 14.8. The van der Waals surface area contributed by atoms with Gasteiger partial charge < -0.3 is 15.0 Å². The molecule has 0 radical (unpaired) electrons. The van der Waals surface area contributed by atoms with E-state index in [1.54, 1.807) is 0 Å². The van der Waals surface area contributed by atoms with Gasteiger partial charge >= 0.3 is 6.09 Å². The lowest BCUT2D eigenvalue weighted by Gasteiger charge is -2.29. The Bertz CT molecular complexity index is 577. The Balaban J connectivity index is 1.39. The summed E-state index contributed by atoms with van der Waals surface area (Å²) >= 11 is 3.46. The highest BCUT2D eigenvalue weighted by Crippen LogP contribution is 2.46. The summed E-state index contributed by atoms with van der Waals surface area (Å²) in [6.45, 7) is 3.39. The minimum absolute atomic E-state index is 0.0863. The van der Waals surface area contributed by atoms with E-state index in [9.17, 15) is 4.79 Å². The number of halogens is 1. The smallest absolute Gasteiger partial charge is 0.408 e. The molecule has 5 rings (SSSR count). The molecule has 124 valence electrons. The first-order valence-corrected chi connectivity index (χ1v) is 9.41. The Morgan fingerprint density at radius 2 is 1.78 bits per heavy atom. The lowest BCUT2D eigenvalue weighted by molar-refractivity contribution is 0.0537. The second kappa shape index (κ2) is 6.10. The number of benzene rings is 1. The molecule has 1 atom stereocenters. The van der Waals surface area contributed by atoms with Crippen LogP contribution in [0.15, 0.2) is 28.7 Å². The van der Waals surface area contributed by atoms with Gasteiger partial charge in [0, 0.05) is 11.0 Å². The highest BCUT2D eigenvalue weighted by atomic mass is 79.9. The quantitative estimate of drug-likeness (QED) is 0.872. The standard InChI is InChI=1S/C18H23BrN2O2/c19-15-3-1-14(2-4-15)18(8-9-18)20-17(22)23-16-7-12-21-10-5-13(16)6-11-21/h1-4,13,16H,5-12H2,(H,20,22). The lowest BCUT2D eigenvalue weighted by Crippen LogP contribution is -2.39. The molecule has 4 nitrogen and oxygen atoms in total. The van der Waals surface area contributed by atoms with E-state index >= 15 is 0 Å². The first-order chi connectivity index (χ1) is 11.1. The van der Waals surface area contributed by atoms with Crippen molar-refractivity contribution in [2.24, 2.45) is 5.92 Å². The van der Waals surface area contributed by atoms with Crippen molar-refractivity contribution in [2.45, 2.75) is 43.7 Å². The molecule has 3 aliphatic heterocycles. The molecule has 23 heavy (non-hydrogen) atoms. The molecule has 2 bridgehead atoms. The molecule has 1 amide bonds. The number of alkyl carbamates (subject to hydrolysis) is 1. The molecule has 5 heteroatoms. The molecule has 4 aliphatic rings. The number of ether oxygens (including phenoxy) is 1. The van der Waals surface area contributed by atoms with E-state index < -0.39 is 0 Å². The largest absolute Gasteiger partial charge is 0.446 e. The summed E-state index contributed by atoms with van der Waals surface area (Å²) in [5.74, 6) is 0.544. The molecule has 0 aromatic heterocycles. The summed E-state index contributed by atoms with van der Waals surface area (Å²) in [4.78, 5) is 14.9. The number of hydrogen-bond donors (Lipinski definition) is 1. The number of piperidine rings is 1. The van der Waals surface area contributed by atoms with Gasteiger partial charge in [-0.1, -0.05) is 28.1 Å². The molecule has 1 N–H and O–H groups in total. The van der Waals surface area contributed by atoms with Crippen LogP contribution in [0.1, 0.15) is 37.7 Å². The predicted octanol–water partition coefficient (Wildman–Crippen LogP) is 3.65. The van der Waals surface area contributed by atoms with Crippen molar-refractivity contribution in [2.75, 3.05) is 19.6 Å². The van der Waals surface area contributed by atoms with E-state index in [1.807, 2.05) is 12.1 Å². The average Bonchev–Trinajstić information content (AvgIpc) is 3.36. The van der Waals surface area contributed by atoms with Gasteiger partial charge in [-0.2, -0.15) is 0 Å². The third kappa shape index (κ3) is 3.26. The van der Waals surface area contributed by atoms with Crippen LogP contribution in [0.5, 0.6) is 0 Å². The minimum atomic E-state index is -0.240. The number of nitrogens with zero attached hydrogens (tertiary/aromatic N) is 1. The maximum absolute atomic E-state index is 12.4. The average molecular weight is 379 g/mol. The number of rotatable bonds is 3. The first-order valence-electron chi connectivity index (χ1n) is 8.62. The zero-order valence-electron chi connectivity index (χ0n) is 13.3. The van der Waals surface area contributed by atoms with Crippen LogP contribution in [0.4, 0.5) is 4.79 Å². The summed E-state index contributed by atoms with van der Waals surface area (Å²) in [5.41, 5.74) is 0.968. The second-order valence-corrected chi connectivity index (χ2v) is 8.04. The lowest BCUT2D eigenvalue weighted by atomic mass is 9.93. The van der Waals surface area contributed by atoms with Crippen LogP contribution < -0.4 is 5.32 Å². The van der Waals surface area contributed by atoms with Gasteiger partial charge in [0.1, 0.15) is 6.10 Å². The fourth-order valence-electron chi connectivity index (χ4n) is 3.99. The van der Waals surface area contributed by atoms with Crippen LogP contribution in [0.2, 0.25) is 0 Å². The van der Waals surface area contributed by atoms with E-state index in [0.717, 1.165) is 56.2 Å². The second-order valence-electron chi connectivity index (χ2n) is 7.13. The van der Waals surface area contributed by atoms with E-state index in [-0.39, 0.29) is 17.7 Å². The first kappa shape index (κ1) is 15.5. The van der Waals surface area contributed by atoms with Crippen LogP contribution >= 0.6 is 15.9 Å². The summed E-state index contributed by atoms with van der Waals surface area (Å²) < 4.78 is 6.90. The zero-order chi connectivity index (χ0) is 15.9. The number of amides is 1. The molecule has 1 unspecified atom stereocenters. The maximum atomic E-state index is 12.4. The van der Waals surface area contributed by atoms with Crippen molar-refractivity contribution in [3.05, 3.63) is 34.3 Å². The number of hydrogen-bond acceptors (Lipinski definition) is 3. The number of carbonyl (C=O) groups is 1. The van der Waals surface area contributed by atoms with Crippen molar-refractivity contribution >= 4 is 22.0 Å². The Hall–Kier alpha value is -1.07. The van der Waals surface area contributed by atoms with E-state index in [0.29, 0.717) is 5.92 Å². The normalized spacial score (nSPS) is 31.3. The molecule has 1 aromatic carbocycles. The van der Waals surface area contributed by atoms with Crippen LogP contribution in [0.25, 0.3) is 0 Å². The number of carbonyl (C=O) groups excluding carboxylic acids is 1. The van der Waals surface area contributed by atoms with Gasteiger partial charge in [0.25, 0.3) is 0 Å². The van der Waals surface area contributed by atoms with Gasteiger partial charge in [-0.15, -0.1) is 0 Å². The van der Waals surface area contributed by atoms with Crippen LogP contribution in [-0.2, 0) is 10.3 Å². The van der Waals surface area contributed by atoms with Crippen molar-refractivity contribution in [1.82, 2.24) is 10.2 Å². The molecule has 1 saturated carbocycles. The SMILES string of the molecule is O=C(NC1(c2ccc(Br)cc2)CC1)OC1CCN2CCC1CC2. The Kier molecular flexibility index (Phi) is 4.10. The number of fused-ring (bicyclic) bond motifs is 4. The Labute approximate surface area is 145 Å². The summed E-state index contributed by atoms with van der Waals surface area (Å²) in [6, 6.07) is 8.22. The van der Waals surface area contributed by atoms with Gasteiger partial charge in [0.15, 0.2) is 0 Å². The van der Waals surface area contributed by atoms with Gasteiger partial charge in [0.05, 0.1) is 5.54 Å². The molecule has 3 saturated heterocycles. The minimum Gasteiger partial charge on any atom is -0.446 e. The van der Waals surface area contributed by atoms with Gasteiger partial charge in [-0.25, -0.2) is 4.79 Å². The van der Waals surface area contributed by atoms with Crippen LogP contribution in [0.3, 0.4) is 0 Å². The highest BCUT2D eigenvalue weighted by molar-refractivity contribution is 9.10. The van der Waals surface area contributed by atoms with Gasteiger partial charge in [-0.3, -0.25) is 0 Å². The third-order valence-electron chi connectivity index (χ3n) is 5.63. The van der Waals surface area contributed by atoms with Gasteiger partial charge in [0.2, 0.25) is 0 Å². The monoisotopic (exact) mass is 378 g/mol. The van der Waals surface area contributed by atoms with Gasteiger partial charge in [-0.05, 0) is 68.8 Å². The molecule has 1 aromatic rings. The summed E-state index contributed by atoms with van der Waals surface area (Å²) in [5, 5.41) is 3.14. The fraction of sp³-hybridized carbons (Fsp3) is 0.611. The highest BCUT2D eigenvalue weighted by Gasteiger charge is 2.46. The molecule has 1 aliphatic carbocycles. The molecule has 3 heterocycles. The third-order valence-corrected chi connectivity index (χ3v) is 6.16. The van der Waals surface area contributed by atoms with Crippen molar-refractivity contribution in [3.63, 3.8) is 0 Å². The van der Waals surface area contributed by atoms with Crippen molar-refractivity contribution in [3.8, 4) is 0 Å². The maximum Gasteiger partial charge on any atom is 0.408 e. The Morgan fingerprint density at radius 1 is 1.13 bits per heavy atom. The molecule has 4 fully saturated rings. The van der Waals surface area contributed by atoms with Crippen molar-refractivity contribution < 1.29 is 9.53 Å². The fourth-order valence-corrected chi connectivity index (χ4v) is 4.26. The van der Waals surface area contributed by atoms with Crippen LogP contribution in [-0.4, -0.2) is 36.7 Å². The molecular formula is C18H23BrN2O2. The number of nitrogens with one attached hydrogen (secondary N) is 1.